The van der Waals surface area contributed by atoms with Gasteiger partial charge in [-0.2, -0.15) is 0 Å². The van der Waals surface area contributed by atoms with Gasteiger partial charge in [0.05, 0.1) is 6.04 Å². The van der Waals surface area contributed by atoms with E-state index in [1.807, 2.05) is 0 Å². The van der Waals surface area contributed by atoms with Crippen LogP contribution in [-0.2, 0) is 6.42 Å². The summed E-state index contributed by atoms with van der Waals surface area (Å²) in [5.41, 5.74) is 1.92. The molecule has 0 bridgehead atoms. The molecule has 6 heteroatoms. The van der Waals surface area contributed by atoms with Crippen molar-refractivity contribution < 1.29 is 9.13 Å². The Morgan fingerprint density at radius 1 is 1.26 bits per heavy atom. The third-order valence-electron chi connectivity index (χ3n) is 6.66. The Bertz CT molecular complexity index is 953. The van der Waals surface area contributed by atoms with Crippen LogP contribution in [0.15, 0.2) is 48.7 Å². The topological polar surface area (TPSA) is 27.7 Å². The summed E-state index contributed by atoms with van der Waals surface area (Å²) in [6, 6.07) is 12.7. The lowest BCUT2D eigenvalue weighted by molar-refractivity contribution is 0.0728. The smallest absolute Gasteiger partial charge is 0.174 e. The van der Waals surface area contributed by atoms with Gasteiger partial charge in [-0.15, -0.1) is 11.3 Å². The molecule has 4 nitrogen and oxygen atoms in total. The summed E-state index contributed by atoms with van der Waals surface area (Å²) < 4.78 is 21.5. The minimum absolute atomic E-state index is 0.142. The van der Waals surface area contributed by atoms with E-state index >= 15 is 4.39 Å². The van der Waals surface area contributed by atoms with Gasteiger partial charge in [0.25, 0.3) is 0 Å². The number of likely N-dealkylation sites (N-methyl/N-ethyl adjacent to an activating group) is 1. The lowest BCUT2D eigenvalue weighted by Gasteiger charge is -2.39. The van der Waals surface area contributed by atoms with Crippen molar-refractivity contribution in [3.05, 3.63) is 59.1 Å². The molecule has 0 unspecified atom stereocenters. The van der Waals surface area contributed by atoms with Crippen LogP contribution < -0.4 is 10.1 Å². The number of halogens is 1. The molecule has 0 spiro atoms. The number of ether oxygens (including phenoxy) is 1. The molecule has 0 aliphatic carbocycles. The van der Waals surface area contributed by atoms with Crippen LogP contribution in [0.4, 0.5) is 10.1 Å². The Morgan fingerprint density at radius 3 is 2.69 bits per heavy atom. The van der Waals surface area contributed by atoms with Gasteiger partial charge in [-0.1, -0.05) is 38.6 Å². The van der Waals surface area contributed by atoms with Crippen LogP contribution in [0.3, 0.4) is 0 Å². The SMILES string of the molecule is C=C1Nc2ccccc2CC[C@@H](C)N(CC(C)(C)F)[C@@H]1c1ccc(O[C@H](CC)CN(C)CCC)s1. The van der Waals surface area contributed by atoms with E-state index in [4.69, 9.17) is 4.74 Å². The van der Waals surface area contributed by atoms with Crippen molar-refractivity contribution in [3.63, 3.8) is 0 Å². The maximum absolute atomic E-state index is 15.1. The number of anilines is 1. The normalized spacial score (nSPS) is 20.5. The molecule has 0 amide bonds. The monoisotopic (exact) mass is 501 g/mol. The van der Waals surface area contributed by atoms with Crippen molar-refractivity contribution >= 4 is 17.0 Å². The number of thiophene rings is 1. The Kier molecular flexibility index (Phi) is 9.79. The van der Waals surface area contributed by atoms with Crippen LogP contribution in [0.2, 0.25) is 0 Å². The molecule has 1 aromatic carbocycles. The number of nitrogens with one attached hydrogen (secondary N) is 1. The summed E-state index contributed by atoms with van der Waals surface area (Å²) in [5.74, 6) is 0. The third kappa shape index (κ3) is 7.80. The van der Waals surface area contributed by atoms with E-state index in [-0.39, 0.29) is 18.2 Å². The highest BCUT2D eigenvalue weighted by molar-refractivity contribution is 7.13. The van der Waals surface area contributed by atoms with Crippen LogP contribution in [-0.4, -0.2) is 54.3 Å². The van der Waals surface area contributed by atoms with Crippen molar-refractivity contribution in [1.29, 1.82) is 0 Å². The molecular weight excluding hydrogens is 457 g/mol. The Labute approximate surface area is 216 Å². The fourth-order valence-electron chi connectivity index (χ4n) is 4.88. The average molecular weight is 502 g/mol. The zero-order valence-corrected chi connectivity index (χ0v) is 23.3. The van der Waals surface area contributed by atoms with E-state index in [0.717, 1.165) is 60.1 Å². The van der Waals surface area contributed by atoms with Crippen molar-refractivity contribution in [2.75, 3.05) is 32.0 Å². The van der Waals surface area contributed by atoms with Crippen molar-refractivity contribution in [2.45, 2.75) is 84.2 Å². The second-order valence-electron chi connectivity index (χ2n) is 10.6. The number of benzene rings is 1. The number of hydrogen-bond donors (Lipinski definition) is 1. The molecule has 1 aliphatic heterocycles. The molecule has 2 heterocycles. The molecule has 35 heavy (non-hydrogen) atoms. The van der Waals surface area contributed by atoms with Gasteiger partial charge in [-0.05, 0) is 83.8 Å². The average Bonchev–Trinajstić information content (AvgIpc) is 3.25. The second-order valence-corrected chi connectivity index (χ2v) is 11.6. The van der Waals surface area contributed by atoms with Gasteiger partial charge in [0.2, 0.25) is 0 Å². The summed E-state index contributed by atoms with van der Waals surface area (Å²) in [4.78, 5) is 5.74. The Balaban J connectivity index is 1.90. The molecule has 0 fully saturated rings. The van der Waals surface area contributed by atoms with Gasteiger partial charge in [0.15, 0.2) is 5.06 Å². The zero-order chi connectivity index (χ0) is 25.6. The lowest BCUT2D eigenvalue weighted by Crippen LogP contribution is -2.44. The molecule has 1 aromatic heterocycles. The maximum Gasteiger partial charge on any atom is 0.174 e. The molecule has 3 atom stereocenters. The summed E-state index contributed by atoms with van der Waals surface area (Å²) in [5, 5.41) is 4.50. The van der Waals surface area contributed by atoms with E-state index in [0.29, 0.717) is 6.54 Å². The molecular formula is C29H44FN3OS. The van der Waals surface area contributed by atoms with Crippen molar-refractivity contribution in [1.82, 2.24) is 9.80 Å². The van der Waals surface area contributed by atoms with E-state index in [9.17, 15) is 0 Å². The standard InChI is InChI=1S/C29H44FN3OS/c1-8-18-32(7)19-24(9-2)34-27-17-16-26(35-27)28-22(4)31-25-13-11-10-12-23(25)15-14-21(3)33(28)20-29(5,6)30/h10-13,16-17,21,24,28,31H,4,8-9,14-15,18-20H2,1-3,5-7H3/t21-,24-,28+/m1/s1. The molecule has 1 aliphatic rings. The Morgan fingerprint density at radius 2 is 2.00 bits per heavy atom. The quantitative estimate of drug-likeness (QED) is 0.370. The first kappa shape index (κ1) is 27.7. The minimum atomic E-state index is -1.32. The number of para-hydroxylation sites is 1. The summed E-state index contributed by atoms with van der Waals surface area (Å²) in [7, 11) is 2.15. The third-order valence-corrected chi connectivity index (χ3v) is 7.69. The Hall–Kier alpha value is -1.89. The maximum atomic E-state index is 15.1. The highest BCUT2D eigenvalue weighted by Gasteiger charge is 2.34. The highest BCUT2D eigenvalue weighted by atomic mass is 32.1. The molecule has 0 radical (unpaired) electrons. The van der Waals surface area contributed by atoms with Gasteiger partial charge in [-0.3, -0.25) is 4.90 Å². The summed E-state index contributed by atoms with van der Waals surface area (Å²) in [6.07, 6.45) is 4.13. The van der Waals surface area contributed by atoms with E-state index in [1.165, 1.54) is 5.56 Å². The van der Waals surface area contributed by atoms with Crippen LogP contribution in [0.25, 0.3) is 0 Å². The minimum Gasteiger partial charge on any atom is -0.480 e. The van der Waals surface area contributed by atoms with Crippen LogP contribution in [0.5, 0.6) is 5.06 Å². The fraction of sp³-hybridized carbons (Fsp3) is 0.586. The molecule has 3 rings (SSSR count). The number of hydrogen-bond acceptors (Lipinski definition) is 5. The molecule has 2 aromatic rings. The van der Waals surface area contributed by atoms with E-state index < -0.39 is 5.67 Å². The first-order valence-corrected chi connectivity index (χ1v) is 13.9. The van der Waals surface area contributed by atoms with Crippen molar-refractivity contribution in [3.8, 4) is 5.06 Å². The first-order chi connectivity index (χ1) is 16.6. The van der Waals surface area contributed by atoms with E-state index in [2.05, 4.69) is 85.9 Å². The van der Waals surface area contributed by atoms with Gasteiger partial charge in [0.1, 0.15) is 11.8 Å². The van der Waals surface area contributed by atoms with Crippen LogP contribution in [0.1, 0.15) is 70.4 Å². The summed E-state index contributed by atoms with van der Waals surface area (Å²) >= 11 is 1.66. The van der Waals surface area contributed by atoms with Crippen molar-refractivity contribution in [2.24, 2.45) is 0 Å². The molecule has 1 N–H and O–H groups in total. The van der Waals surface area contributed by atoms with Crippen LogP contribution in [0, 0.1) is 0 Å². The fourth-order valence-corrected chi connectivity index (χ4v) is 5.96. The number of alkyl halides is 1. The van der Waals surface area contributed by atoms with Gasteiger partial charge in [0, 0.05) is 35.4 Å². The molecule has 194 valence electrons. The predicted octanol–water partition coefficient (Wildman–Crippen LogP) is 7.30. The second kappa shape index (κ2) is 12.4. The highest BCUT2D eigenvalue weighted by Crippen LogP contribution is 2.40. The predicted molar refractivity (Wildman–Crippen MR) is 148 cm³/mol. The largest absolute Gasteiger partial charge is 0.480 e. The lowest BCUT2D eigenvalue weighted by atomic mass is 10.0. The number of rotatable bonds is 10. The molecule has 0 saturated carbocycles. The van der Waals surface area contributed by atoms with E-state index in [1.54, 1.807) is 25.2 Å². The van der Waals surface area contributed by atoms with Gasteiger partial charge < -0.3 is 15.0 Å². The summed E-state index contributed by atoms with van der Waals surface area (Å²) in [6.45, 7) is 16.7. The zero-order valence-electron chi connectivity index (χ0n) is 22.4. The van der Waals surface area contributed by atoms with Gasteiger partial charge >= 0.3 is 0 Å². The van der Waals surface area contributed by atoms with Crippen LogP contribution >= 0.6 is 11.3 Å². The molecule has 0 saturated heterocycles. The van der Waals surface area contributed by atoms with Gasteiger partial charge in [-0.25, -0.2) is 4.39 Å². The number of fused-ring (bicyclic) bond motifs is 1. The number of nitrogens with zero attached hydrogens (tertiary/aromatic N) is 2. The number of aryl methyl sites for hydroxylation is 1. The first-order valence-electron chi connectivity index (χ1n) is 13.0.